The van der Waals surface area contributed by atoms with Gasteiger partial charge in [0.15, 0.2) is 0 Å². The number of amides is 2. The second kappa shape index (κ2) is 12.4. The molecule has 1 N–H and O–H groups in total. The monoisotopic (exact) mass is 527 g/mol. The largest absolute Gasteiger partial charge is 0.354 e. The van der Waals surface area contributed by atoms with Crippen LogP contribution in [0.3, 0.4) is 0 Å². The molecule has 2 amide bonds. The third-order valence-corrected chi connectivity index (χ3v) is 6.76. The zero-order valence-corrected chi connectivity index (χ0v) is 22.2. The van der Waals surface area contributed by atoms with Crippen LogP contribution in [0.5, 0.6) is 0 Å². The lowest BCUT2D eigenvalue weighted by Gasteiger charge is -2.33. The molecular weight excluding hydrogens is 497 g/mol. The lowest BCUT2D eigenvalue weighted by molar-refractivity contribution is -0.140. The molecule has 0 fully saturated rings. The number of carbonyl (C=O) groups excluding carboxylic acids is 2. The molecule has 0 saturated carbocycles. The minimum Gasteiger partial charge on any atom is -0.354 e. The molecule has 7 nitrogen and oxygen atoms in total. The van der Waals surface area contributed by atoms with Crippen molar-refractivity contribution in [3.8, 4) is 0 Å². The summed E-state index contributed by atoms with van der Waals surface area (Å²) in [5.74, 6) is -0.788. The number of hydrogen-bond acceptors (Lipinski definition) is 4. The van der Waals surface area contributed by atoms with Gasteiger partial charge in [0.2, 0.25) is 21.8 Å². The molecule has 10 heteroatoms. The summed E-state index contributed by atoms with van der Waals surface area (Å²) in [6, 6.07) is 11.2. The second-order valence-electron chi connectivity index (χ2n) is 8.12. The Morgan fingerprint density at radius 2 is 1.71 bits per heavy atom. The molecule has 0 bridgehead atoms. The van der Waals surface area contributed by atoms with E-state index in [0.29, 0.717) is 13.0 Å². The first-order valence-electron chi connectivity index (χ1n) is 11.0. The summed E-state index contributed by atoms with van der Waals surface area (Å²) in [4.78, 5) is 27.9. The fraction of sp³-hybridized carbons (Fsp3) is 0.417. The molecule has 0 unspecified atom stereocenters. The fourth-order valence-electron chi connectivity index (χ4n) is 3.59. The average molecular weight is 529 g/mol. The molecule has 0 aliphatic carbocycles. The molecule has 0 aliphatic rings. The van der Waals surface area contributed by atoms with Crippen LogP contribution < -0.4 is 9.62 Å². The second-order valence-corrected chi connectivity index (χ2v) is 10.9. The predicted molar refractivity (Wildman–Crippen MR) is 138 cm³/mol. The molecule has 2 rings (SSSR count). The molecule has 186 valence electrons. The van der Waals surface area contributed by atoms with E-state index in [-0.39, 0.29) is 28.2 Å². The zero-order chi connectivity index (χ0) is 25.5. The highest BCUT2D eigenvalue weighted by atomic mass is 35.5. The standard InChI is InChI=1S/C24H31Cl2N3O4S/c1-5-10-27-24(31)22(6-2)28(15-18-9-7-8-17(3)11-18)23(30)16-29(34(4,32)33)21-13-19(25)12-20(26)14-21/h7-9,11-14,22H,5-6,10,15-16H2,1-4H3,(H,27,31)/t22-/m1/s1. The van der Waals surface area contributed by atoms with E-state index >= 15 is 0 Å². The molecule has 0 aromatic heterocycles. The summed E-state index contributed by atoms with van der Waals surface area (Å²) in [6.07, 6.45) is 2.13. The normalized spacial score (nSPS) is 12.2. The van der Waals surface area contributed by atoms with Crippen molar-refractivity contribution < 1.29 is 18.0 Å². The smallest absolute Gasteiger partial charge is 0.244 e. The van der Waals surface area contributed by atoms with Gasteiger partial charge in [-0.15, -0.1) is 0 Å². The van der Waals surface area contributed by atoms with Gasteiger partial charge in [0.05, 0.1) is 11.9 Å². The predicted octanol–water partition coefficient (Wildman–Crippen LogP) is 4.40. The van der Waals surface area contributed by atoms with Gasteiger partial charge in [-0.05, 0) is 43.5 Å². The summed E-state index contributed by atoms with van der Waals surface area (Å²) < 4.78 is 26.2. The van der Waals surface area contributed by atoms with E-state index in [1.807, 2.05) is 45.0 Å². The van der Waals surface area contributed by atoms with Crippen LogP contribution in [0.4, 0.5) is 5.69 Å². The van der Waals surface area contributed by atoms with Crippen molar-refractivity contribution in [3.63, 3.8) is 0 Å². The van der Waals surface area contributed by atoms with Crippen LogP contribution in [-0.4, -0.2) is 50.5 Å². The number of benzene rings is 2. The number of anilines is 1. The number of sulfonamides is 1. The van der Waals surface area contributed by atoms with E-state index in [1.165, 1.54) is 23.1 Å². The Balaban J connectivity index is 2.45. The van der Waals surface area contributed by atoms with Gasteiger partial charge in [-0.2, -0.15) is 0 Å². The van der Waals surface area contributed by atoms with Crippen LogP contribution in [0.15, 0.2) is 42.5 Å². The molecular formula is C24H31Cl2N3O4S. The van der Waals surface area contributed by atoms with Gasteiger partial charge in [-0.25, -0.2) is 8.42 Å². The Bertz CT molecular complexity index is 1100. The lowest BCUT2D eigenvalue weighted by Crippen LogP contribution is -2.52. The van der Waals surface area contributed by atoms with Gasteiger partial charge in [0.1, 0.15) is 12.6 Å². The van der Waals surface area contributed by atoms with Crippen molar-refractivity contribution in [3.05, 3.63) is 63.6 Å². The quantitative estimate of drug-likeness (QED) is 0.469. The third-order valence-electron chi connectivity index (χ3n) is 5.19. The zero-order valence-electron chi connectivity index (χ0n) is 19.8. The highest BCUT2D eigenvalue weighted by molar-refractivity contribution is 7.92. The Labute approximate surface area is 212 Å². The number of carbonyl (C=O) groups is 2. The highest BCUT2D eigenvalue weighted by Gasteiger charge is 2.31. The molecule has 0 saturated heterocycles. The number of aryl methyl sites for hydroxylation is 1. The first-order valence-corrected chi connectivity index (χ1v) is 13.6. The number of nitrogens with zero attached hydrogens (tertiary/aromatic N) is 2. The third kappa shape index (κ3) is 7.89. The van der Waals surface area contributed by atoms with Crippen molar-refractivity contribution in [2.45, 2.75) is 46.2 Å². The Kier molecular flexibility index (Phi) is 10.2. The highest BCUT2D eigenvalue weighted by Crippen LogP contribution is 2.27. The van der Waals surface area contributed by atoms with Gasteiger partial charge in [0, 0.05) is 23.1 Å². The maximum atomic E-state index is 13.6. The van der Waals surface area contributed by atoms with E-state index in [2.05, 4.69) is 5.32 Å². The Morgan fingerprint density at radius 1 is 1.06 bits per heavy atom. The van der Waals surface area contributed by atoms with Crippen LogP contribution in [0.2, 0.25) is 10.0 Å². The van der Waals surface area contributed by atoms with E-state index < -0.39 is 28.5 Å². The van der Waals surface area contributed by atoms with Gasteiger partial charge >= 0.3 is 0 Å². The van der Waals surface area contributed by atoms with E-state index in [0.717, 1.165) is 28.1 Å². The summed E-state index contributed by atoms with van der Waals surface area (Å²) in [5.41, 5.74) is 2.03. The summed E-state index contributed by atoms with van der Waals surface area (Å²) in [5, 5.41) is 3.33. The van der Waals surface area contributed by atoms with Crippen LogP contribution in [0.25, 0.3) is 0 Å². The topological polar surface area (TPSA) is 86.8 Å². The van der Waals surface area contributed by atoms with Gasteiger partial charge < -0.3 is 10.2 Å². The summed E-state index contributed by atoms with van der Waals surface area (Å²) >= 11 is 12.1. The Morgan fingerprint density at radius 3 is 2.24 bits per heavy atom. The lowest BCUT2D eigenvalue weighted by atomic mass is 10.1. The molecule has 1 atom stereocenters. The van der Waals surface area contributed by atoms with Gasteiger partial charge in [-0.3, -0.25) is 13.9 Å². The van der Waals surface area contributed by atoms with Crippen molar-refractivity contribution in [1.29, 1.82) is 0 Å². The molecule has 0 aliphatic heterocycles. The van der Waals surface area contributed by atoms with Crippen LogP contribution in [0, 0.1) is 6.92 Å². The number of nitrogens with one attached hydrogen (secondary N) is 1. The SMILES string of the molecule is CCCNC(=O)[C@@H](CC)N(Cc1cccc(C)c1)C(=O)CN(c1cc(Cl)cc(Cl)c1)S(C)(=O)=O. The summed E-state index contributed by atoms with van der Waals surface area (Å²) in [6.45, 7) is 5.84. The van der Waals surface area contributed by atoms with E-state index in [9.17, 15) is 18.0 Å². The van der Waals surface area contributed by atoms with Gasteiger partial charge in [0.25, 0.3) is 0 Å². The first kappa shape index (κ1) is 28.0. The van der Waals surface area contributed by atoms with E-state index in [4.69, 9.17) is 23.2 Å². The van der Waals surface area contributed by atoms with E-state index in [1.54, 1.807) is 0 Å². The molecule has 0 heterocycles. The van der Waals surface area contributed by atoms with Crippen LogP contribution >= 0.6 is 23.2 Å². The summed E-state index contributed by atoms with van der Waals surface area (Å²) in [7, 11) is -3.86. The molecule has 2 aromatic rings. The van der Waals surface area contributed by atoms with Crippen molar-refractivity contribution in [1.82, 2.24) is 10.2 Å². The maximum absolute atomic E-state index is 13.6. The van der Waals surface area contributed by atoms with Crippen LogP contribution in [0.1, 0.15) is 37.8 Å². The molecule has 0 radical (unpaired) electrons. The molecule has 0 spiro atoms. The van der Waals surface area contributed by atoms with Gasteiger partial charge in [-0.1, -0.05) is 66.9 Å². The average Bonchev–Trinajstić information content (AvgIpc) is 2.74. The van der Waals surface area contributed by atoms with Crippen molar-refractivity contribution in [2.24, 2.45) is 0 Å². The minimum absolute atomic E-state index is 0.159. The first-order chi connectivity index (χ1) is 16.0. The fourth-order valence-corrected chi connectivity index (χ4v) is 4.94. The van der Waals surface area contributed by atoms with Crippen molar-refractivity contribution >= 4 is 50.7 Å². The number of rotatable bonds is 11. The molecule has 2 aromatic carbocycles. The molecule has 34 heavy (non-hydrogen) atoms. The number of hydrogen-bond donors (Lipinski definition) is 1. The van der Waals surface area contributed by atoms with Crippen molar-refractivity contribution in [2.75, 3.05) is 23.7 Å². The Hall–Kier alpha value is -2.29. The number of halogens is 2. The van der Waals surface area contributed by atoms with Crippen LogP contribution in [-0.2, 0) is 26.2 Å². The maximum Gasteiger partial charge on any atom is 0.244 e. The minimum atomic E-state index is -3.86.